The molecule has 0 saturated heterocycles. The Morgan fingerprint density at radius 1 is 1.08 bits per heavy atom. The SMILES string of the molecule is [CH2]c1ccc(CCC(F)(F)F)cc1. The smallest absolute Gasteiger partial charge is 0.171 e. The second-order valence-corrected chi connectivity index (χ2v) is 2.93. The second kappa shape index (κ2) is 3.81. The molecular weight excluding hydrogens is 177 g/mol. The molecule has 0 aromatic heterocycles. The van der Waals surface area contributed by atoms with E-state index in [0.717, 1.165) is 5.56 Å². The van der Waals surface area contributed by atoms with Crippen molar-refractivity contribution < 1.29 is 13.2 Å². The van der Waals surface area contributed by atoms with E-state index in [1.54, 1.807) is 24.3 Å². The van der Waals surface area contributed by atoms with Crippen LogP contribution in [0.4, 0.5) is 13.2 Å². The number of halogens is 3. The highest BCUT2D eigenvalue weighted by molar-refractivity contribution is 5.24. The van der Waals surface area contributed by atoms with Gasteiger partial charge in [-0.3, -0.25) is 0 Å². The van der Waals surface area contributed by atoms with Crippen LogP contribution >= 0.6 is 0 Å². The third-order valence-electron chi connectivity index (χ3n) is 1.72. The highest BCUT2D eigenvalue weighted by Crippen LogP contribution is 2.21. The lowest BCUT2D eigenvalue weighted by Gasteiger charge is -2.05. The van der Waals surface area contributed by atoms with Crippen LogP contribution in [0.5, 0.6) is 0 Å². The van der Waals surface area contributed by atoms with Crippen molar-refractivity contribution in [2.24, 2.45) is 0 Å². The van der Waals surface area contributed by atoms with E-state index in [2.05, 4.69) is 6.92 Å². The van der Waals surface area contributed by atoms with Crippen LogP contribution in [0.1, 0.15) is 17.5 Å². The number of aryl methyl sites for hydroxylation is 1. The van der Waals surface area contributed by atoms with Gasteiger partial charge in [0.05, 0.1) is 0 Å². The Labute approximate surface area is 75.4 Å². The first-order valence-corrected chi connectivity index (χ1v) is 3.95. The van der Waals surface area contributed by atoms with Crippen LogP contribution in [0.3, 0.4) is 0 Å². The van der Waals surface area contributed by atoms with E-state index in [9.17, 15) is 13.2 Å². The first-order chi connectivity index (χ1) is 5.97. The minimum Gasteiger partial charge on any atom is -0.171 e. The molecule has 0 fully saturated rings. The molecule has 0 amide bonds. The summed E-state index contributed by atoms with van der Waals surface area (Å²) >= 11 is 0. The van der Waals surface area contributed by atoms with Crippen molar-refractivity contribution in [1.82, 2.24) is 0 Å². The molecule has 71 valence electrons. The highest BCUT2D eigenvalue weighted by Gasteiger charge is 2.26. The van der Waals surface area contributed by atoms with Crippen LogP contribution in [0.2, 0.25) is 0 Å². The molecule has 0 N–H and O–H groups in total. The molecule has 1 radical (unpaired) electrons. The highest BCUT2D eigenvalue weighted by atomic mass is 19.4. The largest absolute Gasteiger partial charge is 0.389 e. The molecule has 13 heavy (non-hydrogen) atoms. The van der Waals surface area contributed by atoms with Crippen molar-refractivity contribution in [1.29, 1.82) is 0 Å². The molecule has 0 atom stereocenters. The maximum Gasteiger partial charge on any atom is 0.389 e. The van der Waals surface area contributed by atoms with Crippen molar-refractivity contribution in [3.8, 4) is 0 Å². The van der Waals surface area contributed by atoms with Crippen molar-refractivity contribution in [3.05, 3.63) is 42.3 Å². The summed E-state index contributed by atoms with van der Waals surface area (Å²) in [6.45, 7) is 3.65. The minimum absolute atomic E-state index is 0.0454. The Balaban J connectivity index is 2.51. The Bertz CT molecular complexity index is 258. The monoisotopic (exact) mass is 187 g/mol. The third-order valence-corrected chi connectivity index (χ3v) is 1.72. The summed E-state index contributed by atoms with van der Waals surface area (Å²) < 4.78 is 35.4. The molecule has 0 nitrogen and oxygen atoms in total. The molecule has 3 heteroatoms. The van der Waals surface area contributed by atoms with Gasteiger partial charge >= 0.3 is 6.18 Å². The number of hydrogen-bond acceptors (Lipinski definition) is 0. The summed E-state index contributed by atoms with van der Waals surface area (Å²) in [5.74, 6) is 0. The van der Waals surface area contributed by atoms with Gasteiger partial charge in [0.25, 0.3) is 0 Å². The molecule has 0 heterocycles. The molecule has 1 aromatic carbocycles. The molecule has 0 unspecified atom stereocenters. The zero-order chi connectivity index (χ0) is 9.90. The van der Waals surface area contributed by atoms with Crippen molar-refractivity contribution >= 4 is 0 Å². The van der Waals surface area contributed by atoms with E-state index in [-0.39, 0.29) is 6.42 Å². The van der Waals surface area contributed by atoms with Crippen LogP contribution in [0, 0.1) is 6.92 Å². The van der Waals surface area contributed by atoms with Gasteiger partial charge in [-0.2, -0.15) is 13.2 Å². The van der Waals surface area contributed by atoms with E-state index in [1.165, 1.54) is 0 Å². The number of rotatable bonds is 2. The molecule has 1 rings (SSSR count). The average Bonchev–Trinajstić information content (AvgIpc) is 2.02. The normalized spacial score (nSPS) is 11.7. The third kappa shape index (κ3) is 3.97. The van der Waals surface area contributed by atoms with Crippen LogP contribution in [-0.2, 0) is 6.42 Å². The van der Waals surface area contributed by atoms with Crippen LogP contribution in [0.15, 0.2) is 24.3 Å². The number of hydrogen-bond donors (Lipinski definition) is 0. The van der Waals surface area contributed by atoms with E-state index in [0.29, 0.717) is 5.56 Å². The predicted octanol–water partition coefficient (Wildman–Crippen LogP) is 3.36. The number of alkyl halides is 3. The molecule has 0 bridgehead atoms. The van der Waals surface area contributed by atoms with E-state index in [1.807, 2.05) is 0 Å². The van der Waals surface area contributed by atoms with Gasteiger partial charge in [0.1, 0.15) is 0 Å². The fourth-order valence-corrected chi connectivity index (χ4v) is 0.992. The van der Waals surface area contributed by atoms with Gasteiger partial charge in [0.15, 0.2) is 0 Å². The maximum absolute atomic E-state index is 11.8. The average molecular weight is 187 g/mol. The summed E-state index contributed by atoms with van der Waals surface area (Å²) in [5, 5.41) is 0. The van der Waals surface area contributed by atoms with Gasteiger partial charge in [0.2, 0.25) is 0 Å². The van der Waals surface area contributed by atoms with Crippen LogP contribution in [-0.4, -0.2) is 6.18 Å². The fraction of sp³-hybridized carbons (Fsp3) is 0.300. The van der Waals surface area contributed by atoms with Gasteiger partial charge in [-0.25, -0.2) is 0 Å². The number of benzene rings is 1. The summed E-state index contributed by atoms with van der Waals surface area (Å²) in [7, 11) is 0. The molecule has 0 aliphatic heterocycles. The van der Waals surface area contributed by atoms with Crippen molar-refractivity contribution in [2.45, 2.75) is 19.0 Å². The molecule has 0 saturated carbocycles. The quantitative estimate of drug-likeness (QED) is 0.665. The topological polar surface area (TPSA) is 0 Å². The fourth-order valence-electron chi connectivity index (χ4n) is 0.992. The summed E-state index contributed by atoms with van der Waals surface area (Å²) in [6, 6.07) is 6.78. The van der Waals surface area contributed by atoms with E-state index in [4.69, 9.17) is 0 Å². The van der Waals surface area contributed by atoms with E-state index >= 15 is 0 Å². The summed E-state index contributed by atoms with van der Waals surface area (Å²) in [6.07, 6.45) is -4.78. The van der Waals surface area contributed by atoms with Crippen LogP contribution in [0.25, 0.3) is 0 Å². The lowest BCUT2D eigenvalue weighted by atomic mass is 10.1. The summed E-state index contributed by atoms with van der Waals surface area (Å²) in [5.41, 5.74) is 1.51. The second-order valence-electron chi connectivity index (χ2n) is 2.93. The van der Waals surface area contributed by atoms with Crippen LogP contribution < -0.4 is 0 Å². The van der Waals surface area contributed by atoms with Crippen molar-refractivity contribution in [3.63, 3.8) is 0 Å². The zero-order valence-corrected chi connectivity index (χ0v) is 7.06. The van der Waals surface area contributed by atoms with Gasteiger partial charge < -0.3 is 0 Å². The molecule has 0 aliphatic carbocycles. The van der Waals surface area contributed by atoms with Gasteiger partial charge in [-0.1, -0.05) is 24.3 Å². The lowest BCUT2D eigenvalue weighted by Crippen LogP contribution is -2.08. The Morgan fingerprint density at radius 3 is 2.08 bits per heavy atom. The molecule has 1 aromatic rings. The first-order valence-electron chi connectivity index (χ1n) is 3.95. The summed E-state index contributed by atoms with van der Waals surface area (Å²) in [4.78, 5) is 0. The Morgan fingerprint density at radius 2 is 1.62 bits per heavy atom. The zero-order valence-electron chi connectivity index (χ0n) is 7.06. The van der Waals surface area contributed by atoms with Gasteiger partial charge in [-0.15, -0.1) is 0 Å². The van der Waals surface area contributed by atoms with Gasteiger partial charge in [0, 0.05) is 6.42 Å². The van der Waals surface area contributed by atoms with Gasteiger partial charge in [-0.05, 0) is 24.5 Å². The minimum atomic E-state index is -4.07. The predicted molar refractivity (Wildman–Crippen MR) is 45.3 cm³/mol. The molecule has 0 aliphatic rings. The van der Waals surface area contributed by atoms with E-state index < -0.39 is 12.6 Å². The standard InChI is InChI=1S/C10H10F3/c1-8-2-4-9(5-3-8)6-7-10(11,12)13/h2-5H,1,6-7H2. The Hall–Kier alpha value is -0.990. The maximum atomic E-state index is 11.8. The first kappa shape index (κ1) is 10.1. The Kier molecular flexibility index (Phi) is 2.96. The van der Waals surface area contributed by atoms with Crippen molar-refractivity contribution in [2.75, 3.05) is 0 Å². The lowest BCUT2D eigenvalue weighted by molar-refractivity contribution is -0.133. The molecule has 0 spiro atoms. The molecular formula is C10H10F3.